The molecule has 1 heterocycles. The fourth-order valence-corrected chi connectivity index (χ4v) is 2.65. The van der Waals surface area contributed by atoms with Crippen LogP contribution in [-0.4, -0.2) is 31.7 Å². The van der Waals surface area contributed by atoms with Crippen molar-refractivity contribution in [1.29, 1.82) is 0 Å². The van der Waals surface area contributed by atoms with Gasteiger partial charge in [-0.25, -0.2) is 4.79 Å². The van der Waals surface area contributed by atoms with Gasteiger partial charge in [-0.2, -0.15) is 0 Å². The maximum atomic E-state index is 12.6. The fourth-order valence-electron chi connectivity index (χ4n) is 2.65. The van der Waals surface area contributed by atoms with E-state index in [1.54, 1.807) is 38.1 Å². The first-order valence-electron chi connectivity index (χ1n) is 8.98. The van der Waals surface area contributed by atoms with E-state index in [-0.39, 0.29) is 13.3 Å². The maximum absolute atomic E-state index is 12.6. The van der Waals surface area contributed by atoms with E-state index < -0.39 is 23.2 Å². The van der Waals surface area contributed by atoms with Crippen molar-refractivity contribution in [2.45, 2.75) is 20.4 Å². The Bertz CT molecular complexity index is 937. The molecular weight excluding hydrogens is 376 g/mol. The Balaban J connectivity index is 1.59. The first-order chi connectivity index (χ1) is 13.8. The Hall–Kier alpha value is -3.55. The Morgan fingerprint density at radius 2 is 1.69 bits per heavy atom. The lowest BCUT2D eigenvalue weighted by molar-refractivity contribution is -0.138. The molecule has 0 spiro atoms. The number of benzene rings is 2. The molecule has 0 radical (unpaired) electrons. The highest BCUT2D eigenvalue weighted by Gasteiger charge is 2.36. The maximum Gasteiger partial charge on any atom is 0.337 e. The smallest absolute Gasteiger partial charge is 0.337 e. The minimum atomic E-state index is -1.31. The Kier molecular flexibility index (Phi) is 5.72. The average molecular weight is 398 g/mol. The van der Waals surface area contributed by atoms with E-state index in [4.69, 9.17) is 9.47 Å². The van der Waals surface area contributed by atoms with Gasteiger partial charge in [0.25, 0.3) is 0 Å². The van der Waals surface area contributed by atoms with Crippen molar-refractivity contribution >= 4 is 23.5 Å². The third kappa shape index (κ3) is 4.48. The molecule has 29 heavy (non-hydrogen) atoms. The van der Waals surface area contributed by atoms with E-state index >= 15 is 0 Å². The minimum Gasteiger partial charge on any atom is -0.465 e. The van der Waals surface area contributed by atoms with E-state index in [2.05, 4.69) is 15.4 Å². The summed E-state index contributed by atoms with van der Waals surface area (Å²) in [5, 5.41) is 5.46. The van der Waals surface area contributed by atoms with Crippen molar-refractivity contribution in [3.05, 3.63) is 53.6 Å². The van der Waals surface area contributed by atoms with Crippen LogP contribution < -0.4 is 20.1 Å². The molecular formula is C21H22N2O6. The van der Waals surface area contributed by atoms with Crippen molar-refractivity contribution in [2.75, 3.05) is 19.2 Å². The van der Waals surface area contributed by atoms with Gasteiger partial charge in [0, 0.05) is 12.2 Å². The molecule has 8 heteroatoms. The fraction of sp³-hybridized carbons (Fsp3) is 0.286. The van der Waals surface area contributed by atoms with E-state index in [9.17, 15) is 14.4 Å². The Labute approximate surface area is 168 Å². The molecule has 8 nitrogen and oxygen atoms in total. The highest BCUT2D eigenvalue weighted by Crippen LogP contribution is 2.32. The number of hydrogen-bond donors (Lipinski definition) is 2. The summed E-state index contributed by atoms with van der Waals surface area (Å²) in [5.41, 5.74) is 0.361. The van der Waals surface area contributed by atoms with Crippen LogP contribution in [0.4, 0.5) is 5.69 Å². The molecule has 0 aliphatic carbocycles. The number of fused-ring (bicyclic) bond motifs is 1. The first kappa shape index (κ1) is 20.2. The number of amides is 2. The molecule has 0 atom stereocenters. The summed E-state index contributed by atoms with van der Waals surface area (Å²) in [6.07, 6.45) is 0. The molecule has 2 amide bonds. The number of anilines is 1. The van der Waals surface area contributed by atoms with Crippen LogP contribution in [0.5, 0.6) is 11.5 Å². The molecule has 0 unspecified atom stereocenters. The first-order valence-corrected chi connectivity index (χ1v) is 8.98. The van der Waals surface area contributed by atoms with Gasteiger partial charge in [0.15, 0.2) is 11.5 Å². The lowest BCUT2D eigenvalue weighted by atomic mass is 9.90. The van der Waals surface area contributed by atoms with Crippen LogP contribution >= 0.6 is 0 Å². The minimum absolute atomic E-state index is 0.180. The molecule has 152 valence electrons. The molecule has 0 fully saturated rings. The van der Waals surface area contributed by atoms with E-state index in [0.717, 1.165) is 5.56 Å². The van der Waals surface area contributed by atoms with Gasteiger partial charge in [-0.15, -0.1) is 0 Å². The molecule has 0 saturated heterocycles. The van der Waals surface area contributed by atoms with Gasteiger partial charge < -0.3 is 24.8 Å². The molecule has 2 N–H and O–H groups in total. The molecule has 0 bridgehead atoms. The number of methoxy groups -OCH3 is 1. The predicted octanol–water partition coefficient (Wildman–Crippen LogP) is 2.48. The number of carbonyl (C=O) groups excluding carboxylic acids is 3. The molecule has 3 rings (SSSR count). The summed E-state index contributed by atoms with van der Waals surface area (Å²) in [7, 11) is 1.29. The van der Waals surface area contributed by atoms with Crippen LogP contribution in [0, 0.1) is 5.41 Å². The van der Waals surface area contributed by atoms with Gasteiger partial charge in [0.1, 0.15) is 5.41 Å². The zero-order chi connectivity index (χ0) is 21.0. The summed E-state index contributed by atoms with van der Waals surface area (Å²) in [6.45, 7) is 3.51. The molecule has 0 saturated carbocycles. The van der Waals surface area contributed by atoms with Crippen LogP contribution in [0.3, 0.4) is 0 Å². The van der Waals surface area contributed by atoms with Crippen molar-refractivity contribution in [3.63, 3.8) is 0 Å². The van der Waals surface area contributed by atoms with Crippen LogP contribution in [-0.2, 0) is 20.9 Å². The zero-order valence-electron chi connectivity index (χ0n) is 16.4. The summed E-state index contributed by atoms with van der Waals surface area (Å²) >= 11 is 0. The number of esters is 1. The van der Waals surface area contributed by atoms with Gasteiger partial charge in [0.2, 0.25) is 18.6 Å². The number of hydrogen-bond acceptors (Lipinski definition) is 6. The van der Waals surface area contributed by atoms with Crippen LogP contribution in [0.2, 0.25) is 0 Å². The van der Waals surface area contributed by atoms with Crippen molar-refractivity contribution in [2.24, 2.45) is 5.41 Å². The quantitative estimate of drug-likeness (QED) is 0.572. The Morgan fingerprint density at radius 3 is 2.38 bits per heavy atom. The van der Waals surface area contributed by atoms with Gasteiger partial charge in [-0.3, -0.25) is 9.59 Å². The second-order valence-corrected chi connectivity index (χ2v) is 7.02. The monoisotopic (exact) mass is 398 g/mol. The largest absolute Gasteiger partial charge is 0.465 e. The SMILES string of the molecule is COC(=O)c1ccc(NC(=O)C(C)(C)C(=O)NCc2ccc3c(c2)OCO3)cc1. The number of ether oxygens (including phenoxy) is 3. The van der Waals surface area contributed by atoms with Gasteiger partial charge in [0.05, 0.1) is 12.7 Å². The summed E-state index contributed by atoms with van der Waals surface area (Å²) in [4.78, 5) is 36.7. The highest BCUT2D eigenvalue weighted by molar-refractivity contribution is 6.09. The zero-order valence-corrected chi connectivity index (χ0v) is 16.4. The lowest BCUT2D eigenvalue weighted by Crippen LogP contribution is -2.44. The van der Waals surface area contributed by atoms with Crippen LogP contribution in [0.1, 0.15) is 29.8 Å². The number of rotatable bonds is 6. The number of carbonyl (C=O) groups is 3. The van der Waals surface area contributed by atoms with E-state index in [1.165, 1.54) is 19.2 Å². The van der Waals surface area contributed by atoms with Gasteiger partial charge >= 0.3 is 5.97 Å². The highest BCUT2D eigenvalue weighted by atomic mass is 16.7. The normalized spacial score (nSPS) is 12.2. The van der Waals surface area contributed by atoms with Crippen molar-refractivity contribution in [1.82, 2.24) is 5.32 Å². The van der Waals surface area contributed by atoms with Gasteiger partial charge in [-0.05, 0) is 55.8 Å². The second-order valence-electron chi connectivity index (χ2n) is 7.02. The summed E-state index contributed by atoms with van der Waals surface area (Å²) in [5.74, 6) is -0.0568. The molecule has 1 aliphatic rings. The topological polar surface area (TPSA) is 103 Å². The average Bonchev–Trinajstić information content (AvgIpc) is 3.19. The molecule has 1 aliphatic heterocycles. The van der Waals surface area contributed by atoms with Crippen molar-refractivity contribution < 1.29 is 28.6 Å². The van der Waals surface area contributed by atoms with Crippen molar-refractivity contribution in [3.8, 4) is 11.5 Å². The van der Waals surface area contributed by atoms with Gasteiger partial charge in [-0.1, -0.05) is 6.07 Å². The summed E-state index contributed by atoms with van der Waals surface area (Å²) < 4.78 is 15.2. The Morgan fingerprint density at radius 1 is 1.00 bits per heavy atom. The molecule has 2 aromatic rings. The van der Waals surface area contributed by atoms with Crippen LogP contribution in [0.25, 0.3) is 0 Å². The second kappa shape index (κ2) is 8.22. The van der Waals surface area contributed by atoms with E-state index in [1.807, 2.05) is 6.07 Å². The molecule has 0 aromatic heterocycles. The third-order valence-corrected chi connectivity index (χ3v) is 4.59. The lowest BCUT2D eigenvalue weighted by Gasteiger charge is -2.23. The molecule has 2 aromatic carbocycles. The standard InChI is InChI=1S/C21H22N2O6/c1-21(2,20(26)23-15-7-5-14(6-8-15)18(24)27-3)19(25)22-11-13-4-9-16-17(10-13)29-12-28-16/h4-10H,11-12H2,1-3H3,(H,22,25)(H,23,26). The predicted molar refractivity (Wildman–Crippen MR) is 105 cm³/mol. The number of nitrogens with one attached hydrogen (secondary N) is 2. The third-order valence-electron chi connectivity index (χ3n) is 4.59. The summed E-state index contributed by atoms with van der Waals surface area (Å²) in [6, 6.07) is 11.6. The van der Waals surface area contributed by atoms with Crippen LogP contribution in [0.15, 0.2) is 42.5 Å². The van der Waals surface area contributed by atoms with E-state index in [0.29, 0.717) is 22.7 Å².